The minimum Gasteiger partial charge on any atom is -0.378 e. The van der Waals surface area contributed by atoms with Crippen LogP contribution in [0.5, 0.6) is 0 Å². The lowest BCUT2D eigenvalue weighted by molar-refractivity contribution is -0.945. The number of carbonyl (C=O) groups excluding carboxylic acids is 1. The van der Waals surface area contributed by atoms with E-state index in [0.717, 1.165) is 19.5 Å². The van der Waals surface area contributed by atoms with Crippen molar-refractivity contribution in [2.24, 2.45) is 0 Å². The van der Waals surface area contributed by atoms with E-state index in [1.165, 1.54) is 27.3 Å². The van der Waals surface area contributed by atoms with Crippen molar-refractivity contribution in [3.63, 3.8) is 0 Å². The molecule has 1 amide bonds. The lowest BCUT2D eigenvalue weighted by Gasteiger charge is -2.33. The quantitative estimate of drug-likeness (QED) is 0.868. The molecule has 0 aliphatic carbocycles. The SMILES string of the molecule is CC(=O)NC[C@@H](c1ccc(N(C)C)cc1)[NH+]1CCc2ccccc2C1. The number of amides is 1. The van der Waals surface area contributed by atoms with E-state index in [9.17, 15) is 4.79 Å². The Kier molecular flexibility index (Phi) is 5.39. The summed E-state index contributed by atoms with van der Waals surface area (Å²) in [5.41, 5.74) is 5.38. The first-order valence-corrected chi connectivity index (χ1v) is 8.97. The van der Waals surface area contributed by atoms with Crippen LogP contribution in [0.4, 0.5) is 5.69 Å². The standard InChI is InChI=1S/C21H27N3O/c1-16(25)22-14-21(18-8-10-20(11-9-18)23(2)3)24-13-12-17-6-4-5-7-19(17)15-24/h4-11,21H,12-15H2,1-3H3,(H,22,25)/p+1/t21-/m0/s1. The third kappa shape index (κ3) is 4.20. The number of quaternary nitrogens is 1. The van der Waals surface area contributed by atoms with Crippen LogP contribution in [0.2, 0.25) is 0 Å². The van der Waals surface area contributed by atoms with Crippen molar-refractivity contribution >= 4 is 11.6 Å². The van der Waals surface area contributed by atoms with Gasteiger partial charge in [-0.05, 0) is 17.7 Å². The molecule has 0 saturated heterocycles. The predicted octanol–water partition coefficient (Wildman–Crippen LogP) is 1.57. The number of hydrogen-bond donors (Lipinski definition) is 2. The van der Waals surface area contributed by atoms with E-state index in [-0.39, 0.29) is 11.9 Å². The summed E-state index contributed by atoms with van der Waals surface area (Å²) in [6.45, 7) is 4.37. The fourth-order valence-corrected chi connectivity index (χ4v) is 3.65. The highest BCUT2D eigenvalue weighted by Gasteiger charge is 2.28. The molecular formula is C21H28N3O+. The molecule has 0 spiro atoms. The van der Waals surface area contributed by atoms with Crippen molar-refractivity contribution in [1.82, 2.24) is 5.32 Å². The molecule has 132 valence electrons. The van der Waals surface area contributed by atoms with Gasteiger partial charge in [-0.1, -0.05) is 36.4 Å². The van der Waals surface area contributed by atoms with Crippen molar-refractivity contribution in [3.05, 3.63) is 65.2 Å². The molecule has 3 rings (SSSR count). The minimum atomic E-state index is 0.0340. The molecule has 25 heavy (non-hydrogen) atoms. The smallest absolute Gasteiger partial charge is 0.217 e. The van der Waals surface area contributed by atoms with Crippen LogP contribution in [0.1, 0.15) is 29.7 Å². The maximum atomic E-state index is 11.5. The molecule has 0 aromatic heterocycles. The van der Waals surface area contributed by atoms with Crippen LogP contribution in [0.25, 0.3) is 0 Å². The summed E-state index contributed by atoms with van der Waals surface area (Å²) in [6.07, 6.45) is 1.10. The van der Waals surface area contributed by atoms with Gasteiger partial charge in [0.05, 0.1) is 13.1 Å². The Morgan fingerprint density at radius 1 is 1.12 bits per heavy atom. The van der Waals surface area contributed by atoms with Gasteiger partial charge in [0.2, 0.25) is 5.91 Å². The van der Waals surface area contributed by atoms with Gasteiger partial charge in [0.25, 0.3) is 0 Å². The molecule has 0 radical (unpaired) electrons. The molecule has 1 aliphatic rings. The van der Waals surface area contributed by atoms with E-state index in [0.29, 0.717) is 6.54 Å². The van der Waals surface area contributed by atoms with Crippen LogP contribution in [0.15, 0.2) is 48.5 Å². The second kappa shape index (κ2) is 7.70. The number of hydrogen-bond acceptors (Lipinski definition) is 2. The second-order valence-corrected chi connectivity index (χ2v) is 7.08. The lowest BCUT2D eigenvalue weighted by Crippen LogP contribution is -3.12. The third-order valence-electron chi connectivity index (χ3n) is 5.11. The Bertz CT molecular complexity index is 724. The van der Waals surface area contributed by atoms with Crippen molar-refractivity contribution in [1.29, 1.82) is 0 Å². The van der Waals surface area contributed by atoms with Gasteiger partial charge < -0.3 is 15.1 Å². The molecule has 2 aromatic rings. The van der Waals surface area contributed by atoms with Gasteiger partial charge in [-0.25, -0.2) is 0 Å². The van der Waals surface area contributed by atoms with Gasteiger partial charge in [-0.3, -0.25) is 4.79 Å². The molecule has 2 N–H and O–H groups in total. The molecule has 0 saturated carbocycles. The van der Waals surface area contributed by atoms with Gasteiger partial charge in [0, 0.05) is 44.3 Å². The average Bonchev–Trinajstić information content (AvgIpc) is 2.62. The topological polar surface area (TPSA) is 36.8 Å². The molecule has 0 bridgehead atoms. The Morgan fingerprint density at radius 3 is 2.44 bits per heavy atom. The van der Waals surface area contributed by atoms with Crippen molar-refractivity contribution < 1.29 is 9.69 Å². The van der Waals surface area contributed by atoms with Gasteiger partial charge in [-0.2, -0.15) is 0 Å². The zero-order valence-corrected chi connectivity index (χ0v) is 15.4. The summed E-state index contributed by atoms with van der Waals surface area (Å²) in [4.78, 5) is 15.1. The summed E-state index contributed by atoms with van der Waals surface area (Å²) in [5, 5.41) is 3.03. The fourth-order valence-electron chi connectivity index (χ4n) is 3.65. The molecule has 2 aromatic carbocycles. The van der Waals surface area contributed by atoms with Crippen LogP contribution in [-0.4, -0.2) is 33.1 Å². The minimum absolute atomic E-state index is 0.0340. The first-order chi connectivity index (χ1) is 12.0. The highest BCUT2D eigenvalue weighted by atomic mass is 16.1. The second-order valence-electron chi connectivity index (χ2n) is 7.08. The summed E-state index contributed by atoms with van der Waals surface area (Å²) >= 11 is 0. The van der Waals surface area contributed by atoms with Crippen LogP contribution >= 0.6 is 0 Å². The maximum Gasteiger partial charge on any atom is 0.217 e. The molecule has 1 aliphatic heterocycles. The van der Waals surface area contributed by atoms with Crippen molar-refractivity contribution in [3.8, 4) is 0 Å². The third-order valence-corrected chi connectivity index (χ3v) is 5.11. The monoisotopic (exact) mass is 338 g/mol. The number of anilines is 1. The Hall–Kier alpha value is -2.33. The van der Waals surface area contributed by atoms with E-state index in [4.69, 9.17) is 0 Å². The van der Waals surface area contributed by atoms with Crippen LogP contribution in [-0.2, 0) is 17.8 Å². The van der Waals surface area contributed by atoms with E-state index in [2.05, 4.69) is 72.8 Å². The average molecular weight is 338 g/mol. The van der Waals surface area contributed by atoms with Gasteiger partial charge in [0.1, 0.15) is 12.6 Å². The van der Waals surface area contributed by atoms with Crippen molar-refractivity contribution in [2.45, 2.75) is 25.9 Å². The molecule has 1 unspecified atom stereocenters. The van der Waals surface area contributed by atoms with E-state index in [1.807, 2.05) is 0 Å². The molecule has 1 heterocycles. The maximum absolute atomic E-state index is 11.5. The number of carbonyl (C=O) groups is 1. The van der Waals surface area contributed by atoms with Crippen molar-refractivity contribution in [2.75, 3.05) is 32.1 Å². The highest BCUT2D eigenvalue weighted by molar-refractivity contribution is 5.72. The van der Waals surface area contributed by atoms with Crippen LogP contribution in [0.3, 0.4) is 0 Å². The van der Waals surface area contributed by atoms with Gasteiger partial charge >= 0.3 is 0 Å². The molecule has 0 fully saturated rings. The summed E-state index contributed by atoms with van der Waals surface area (Å²) < 4.78 is 0. The number of nitrogens with zero attached hydrogens (tertiary/aromatic N) is 1. The first kappa shape index (κ1) is 17.5. The summed E-state index contributed by atoms with van der Waals surface area (Å²) in [6, 6.07) is 17.7. The molecular weight excluding hydrogens is 310 g/mol. The number of fused-ring (bicyclic) bond motifs is 1. The van der Waals surface area contributed by atoms with Gasteiger partial charge in [0.15, 0.2) is 0 Å². The van der Waals surface area contributed by atoms with Crippen LogP contribution < -0.4 is 15.1 Å². The van der Waals surface area contributed by atoms with E-state index in [1.54, 1.807) is 6.92 Å². The number of rotatable bonds is 5. The Labute approximate surface area is 150 Å². The zero-order valence-electron chi connectivity index (χ0n) is 15.4. The lowest BCUT2D eigenvalue weighted by atomic mass is 9.96. The first-order valence-electron chi connectivity index (χ1n) is 8.97. The van der Waals surface area contributed by atoms with E-state index < -0.39 is 0 Å². The molecule has 4 nitrogen and oxygen atoms in total. The zero-order chi connectivity index (χ0) is 17.8. The van der Waals surface area contributed by atoms with Gasteiger partial charge in [-0.15, -0.1) is 0 Å². The van der Waals surface area contributed by atoms with Crippen LogP contribution in [0, 0.1) is 0 Å². The Morgan fingerprint density at radius 2 is 1.80 bits per heavy atom. The van der Waals surface area contributed by atoms with E-state index >= 15 is 0 Å². The molecule has 4 heteroatoms. The largest absolute Gasteiger partial charge is 0.378 e. The Balaban J connectivity index is 1.83. The predicted molar refractivity (Wildman–Crippen MR) is 102 cm³/mol. The number of benzene rings is 2. The number of nitrogens with one attached hydrogen (secondary N) is 2. The summed E-state index contributed by atoms with van der Waals surface area (Å²) in [7, 11) is 4.10. The normalized spacial score (nSPS) is 17.5. The highest BCUT2D eigenvalue weighted by Crippen LogP contribution is 2.18. The molecule has 2 atom stereocenters. The fraction of sp³-hybridized carbons (Fsp3) is 0.381. The summed E-state index contributed by atoms with van der Waals surface area (Å²) in [5.74, 6) is 0.0340.